The Labute approximate surface area is 87.8 Å². The first-order chi connectivity index (χ1) is 7.29. The van der Waals surface area contributed by atoms with Gasteiger partial charge in [0, 0.05) is 18.5 Å². The van der Waals surface area contributed by atoms with Crippen molar-refractivity contribution >= 4 is 6.21 Å². The lowest BCUT2D eigenvalue weighted by atomic mass is 10.1. The van der Waals surface area contributed by atoms with Crippen molar-refractivity contribution in [3.05, 3.63) is 22.4 Å². The molecule has 0 aromatic rings. The van der Waals surface area contributed by atoms with E-state index < -0.39 is 6.29 Å². The largest absolute Gasteiger partial charge is 0.385 e. The molecule has 0 saturated carbocycles. The lowest BCUT2D eigenvalue weighted by Crippen LogP contribution is -2.48. The molecule has 15 heavy (non-hydrogen) atoms. The maximum Gasteiger partial charge on any atom is 0.385 e. The first-order valence-corrected chi connectivity index (χ1v) is 5.10. The minimum absolute atomic E-state index is 0.232. The van der Waals surface area contributed by atoms with E-state index in [-0.39, 0.29) is 11.0 Å². The van der Waals surface area contributed by atoms with Gasteiger partial charge in [0.1, 0.15) is 0 Å². The Bertz CT molecular complexity index is 296. The number of aliphatic imine (C=N–C) groups is 1. The van der Waals surface area contributed by atoms with Crippen molar-refractivity contribution in [2.45, 2.75) is 25.2 Å². The van der Waals surface area contributed by atoms with E-state index in [1.165, 1.54) is 6.21 Å². The van der Waals surface area contributed by atoms with Gasteiger partial charge in [-0.3, -0.25) is 15.0 Å². The van der Waals surface area contributed by atoms with E-state index in [0.29, 0.717) is 0 Å². The molecule has 82 valence electrons. The number of nitrogens with zero attached hydrogens (tertiary/aromatic N) is 3. The Morgan fingerprint density at radius 3 is 2.87 bits per heavy atom. The standard InChI is InChI=1S/C9H14N4O2/c14-13(15)9-11-4-1-7-12(9)8-2-5-10-6-3-8/h1,4,7-10H,2-3,5-6H2. The monoisotopic (exact) mass is 210 g/mol. The molecule has 2 rings (SSSR count). The van der Waals surface area contributed by atoms with Crippen LogP contribution in [0.3, 0.4) is 0 Å². The number of allylic oxidation sites excluding steroid dienone is 1. The van der Waals surface area contributed by atoms with Gasteiger partial charge in [0.2, 0.25) is 0 Å². The Hall–Kier alpha value is -1.43. The molecule has 1 atom stereocenters. The van der Waals surface area contributed by atoms with Crippen LogP contribution in [0.1, 0.15) is 12.8 Å². The SMILES string of the molecule is O=[N+]([O-])C1N=CC=CN1C1CCNCC1. The van der Waals surface area contributed by atoms with E-state index in [9.17, 15) is 10.1 Å². The number of nitrogens with one attached hydrogen (secondary N) is 1. The summed E-state index contributed by atoms with van der Waals surface area (Å²) in [7, 11) is 0. The van der Waals surface area contributed by atoms with Gasteiger partial charge in [-0.1, -0.05) is 0 Å². The highest BCUT2D eigenvalue weighted by molar-refractivity contribution is 5.71. The van der Waals surface area contributed by atoms with Crippen molar-refractivity contribution < 1.29 is 4.92 Å². The second-order valence-electron chi connectivity index (χ2n) is 3.70. The first-order valence-electron chi connectivity index (χ1n) is 5.10. The number of hydrogen-bond acceptors (Lipinski definition) is 5. The van der Waals surface area contributed by atoms with Gasteiger partial charge in [-0.05, 0) is 32.0 Å². The summed E-state index contributed by atoms with van der Waals surface area (Å²) in [6.45, 7) is 1.84. The fourth-order valence-electron chi connectivity index (χ4n) is 2.00. The Morgan fingerprint density at radius 1 is 1.47 bits per heavy atom. The molecule has 1 unspecified atom stereocenters. The summed E-state index contributed by atoms with van der Waals surface area (Å²) in [5.74, 6) is 0. The maximum absolute atomic E-state index is 10.8. The average Bonchev–Trinajstić information content (AvgIpc) is 2.30. The smallest absolute Gasteiger partial charge is 0.317 e. The highest BCUT2D eigenvalue weighted by Gasteiger charge is 2.32. The fraction of sp³-hybridized carbons (Fsp3) is 0.667. The van der Waals surface area contributed by atoms with Crippen LogP contribution in [0.5, 0.6) is 0 Å². The molecule has 2 aliphatic heterocycles. The highest BCUT2D eigenvalue weighted by atomic mass is 16.6. The number of nitro groups is 1. The van der Waals surface area contributed by atoms with Crippen LogP contribution < -0.4 is 5.32 Å². The van der Waals surface area contributed by atoms with Gasteiger partial charge in [-0.25, -0.2) is 4.99 Å². The molecule has 0 aromatic carbocycles. The molecule has 0 bridgehead atoms. The third-order valence-electron chi connectivity index (χ3n) is 2.75. The van der Waals surface area contributed by atoms with E-state index in [0.717, 1.165) is 25.9 Å². The Balaban J connectivity index is 2.08. The minimum Gasteiger partial charge on any atom is -0.317 e. The highest BCUT2D eigenvalue weighted by Crippen LogP contribution is 2.18. The van der Waals surface area contributed by atoms with Crippen LogP contribution in [0.4, 0.5) is 0 Å². The van der Waals surface area contributed by atoms with Gasteiger partial charge in [0.15, 0.2) is 0 Å². The van der Waals surface area contributed by atoms with Crippen LogP contribution in [0.15, 0.2) is 17.3 Å². The third kappa shape index (κ3) is 2.15. The summed E-state index contributed by atoms with van der Waals surface area (Å²) in [5, 5.41) is 14.0. The van der Waals surface area contributed by atoms with Crippen LogP contribution in [-0.4, -0.2) is 41.5 Å². The quantitative estimate of drug-likeness (QED) is 0.522. The molecular weight excluding hydrogens is 196 g/mol. The normalized spacial score (nSPS) is 26.9. The van der Waals surface area contributed by atoms with E-state index in [4.69, 9.17) is 0 Å². The topological polar surface area (TPSA) is 70.8 Å². The fourth-order valence-corrected chi connectivity index (χ4v) is 2.00. The zero-order chi connectivity index (χ0) is 10.7. The molecule has 2 heterocycles. The molecule has 0 amide bonds. The van der Waals surface area contributed by atoms with Gasteiger partial charge in [0.25, 0.3) is 0 Å². The van der Waals surface area contributed by atoms with Crippen LogP contribution >= 0.6 is 0 Å². The Morgan fingerprint density at radius 2 is 2.20 bits per heavy atom. The molecule has 0 aromatic heterocycles. The molecular formula is C9H14N4O2. The molecule has 0 aliphatic carbocycles. The summed E-state index contributed by atoms with van der Waals surface area (Å²) >= 11 is 0. The first kappa shape index (κ1) is 10.1. The van der Waals surface area contributed by atoms with Gasteiger partial charge < -0.3 is 5.32 Å². The molecule has 6 heteroatoms. The molecule has 1 saturated heterocycles. The summed E-state index contributed by atoms with van der Waals surface area (Å²) in [6.07, 6.45) is 5.95. The summed E-state index contributed by atoms with van der Waals surface area (Å²) < 4.78 is 0. The second kappa shape index (κ2) is 4.39. The van der Waals surface area contributed by atoms with Gasteiger partial charge in [-0.15, -0.1) is 0 Å². The van der Waals surface area contributed by atoms with E-state index >= 15 is 0 Å². The molecule has 1 N–H and O–H groups in total. The Kier molecular flexibility index (Phi) is 2.96. The van der Waals surface area contributed by atoms with Crippen molar-refractivity contribution in [3.63, 3.8) is 0 Å². The number of rotatable bonds is 2. The van der Waals surface area contributed by atoms with Crippen molar-refractivity contribution in [3.8, 4) is 0 Å². The summed E-state index contributed by atoms with van der Waals surface area (Å²) in [4.78, 5) is 16.1. The van der Waals surface area contributed by atoms with Gasteiger partial charge in [-0.2, -0.15) is 0 Å². The third-order valence-corrected chi connectivity index (χ3v) is 2.75. The summed E-state index contributed by atoms with van der Waals surface area (Å²) in [6, 6.07) is 0.232. The predicted molar refractivity (Wildman–Crippen MR) is 56.1 cm³/mol. The van der Waals surface area contributed by atoms with Crippen LogP contribution in [0.25, 0.3) is 0 Å². The number of piperidine rings is 1. The van der Waals surface area contributed by atoms with E-state index in [1.54, 1.807) is 17.2 Å². The van der Waals surface area contributed by atoms with Crippen LogP contribution in [0.2, 0.25) is 0 Å². The van der Waals surface area contributed by atoms with Gasteiger partial charge in [0.05, 0.1) is 4.92 Å². The molecule has 6 nitrogen and oxygen atoms in total. The summed E-state index contributed by atoms with van der Waals surface area (Å²) in [5.41, 5.74) is 0. The van der Waals surface area contributed by atoms with Gasteiger partial charge >= 0.3 is 6.29 Å². The molecule has 1 fully saturated rings. The van der Waals surface area contributed by atoms with Crippen molar-refractivity contribution in [2.24, 2.45) is 4.99 Å². The lowest BCUT2D eigenvalue weighted by Gasteiger charge is -2.34. The zero-order valence-electron chi connectivity index (χ0n) is 8.37. The van der Waals surface area contributed by atoms with E-state index in [1.807, 2.05) is 0 Å². The lowest BCUT2D eigenvalue weighted by molar-refractivity contribution is -0.547. The van der Waals surface area contributed by atoms with Crippen molar-refractivity contribution in [2.75, 3.05) is 13.1 Å². The van der Waals surface area contributed by atoms with E-state index in [2.05, 4.69) is 10.3 Å². The maximum atomic E-state index is 10.8. The average molecular weight is 210 g/mol. The molecule has 0 radical (unpaired) electrons. The second-order valence-corrected chi connectivity index (χ2v) is 3.70. The number of hydrogen-bond donors (Lipinski definition) is 1. The van der Waals surface area contributed by atoms with Crippen LogP contribution in [0, 0.1) is 10.1 Å². The van der Waals surface area contributed by atoms with Crippen molar-refractivity contribution in [1.29, 1.82) is 0 Å². The molecule has 2 aliphatic rings. The zero-order valence-corrected chi connectivity index (χ0v) is 8.37. The van der Waals surface area contributed by atoms with Crippen LogP contribution in [-0.2, 0) is 0 Å². The predicted octanol–water partition coefficient (Wildman–Crippen LogP) is 0.199. The minimum atomic E-state index is -0.932. The molecule has 0 spiro atoms. The van der Waals surface area contributed by atoms with Crippen molar-refractivity contribution in [1.82, 2.24) is 10.2 Å².